The summed E-state index contributed by atoms with van der Waals surface area (Å²) in [5.74, 6) is -2.11. The van der Waals surface area contributed by atoms with Gasteiger partial charge in [0.15, 0.2) is 0 Å². The molecule has 0 spiro atoms. The third-order valence-electron chi connectivity index (χ3n) is 8.23. The Kier molecular flexibility index (Phi) is 8.31. The van der Waals surface area contributed by atoms with Crippen LogP contribution in [0.5, 0.6) is 0 Å². The van der Waals surface area contributed by atoms with Crippen molar-refractivity contribution in [1.29, 1.82) is 0 Å². The van der Waals surface area contributed by atoms with Gasteiger partial charge in [0.25, 0.3) is 5.91 Å². The zero-order valence-electron chi connectivity index (χ0n) is 25.6. The number of carboxylic acids is 1. The standard InChI is InChI=1S/C31H44N4O5/c1-17(2)21(16-18(3)29(39)40)34(10)28(38)24(30(4,5)6)32-26(36)25-31(7,8)22-19-14-12-13-15-20(19)33(9)23(22)27(37)35(25)11/h12-17,21,24-25H,1-11H3,(H,32,36)(H,39,40). The minimum absolute atomic E-state index is 0.0645. The summed E-state index contributed by atoms with van der Waals surface area (Å²) in [4.78, 5) is 56.2. The molecule has 1 aliphatic heterocycles. The molecule has 0 bridgehead atoms. The third-order valence-corrected chi connectivity index (χ3v) is 8.23. The number of likely N-dealkylation sites (N-methyl/N-ethyl adjacent to an activating group) is 2. The van der Waals surface area contributed by atoms with Gasteiger partial charge in [-0.3, -0.25) is 14.4 Å². The molecule has 2 heterocycles. The van der Waals surface area contributed by atoms with Crippen LogP contribution in [-0.2, 0) is 26.8 Å². The molecule has 0 radical (unpaired) electrons. The molecule has 3 amide bonds. The zero-order valence-corrected chi connectivity index (χ0v) is 25.6. The van der Waals surface area contributed by atoms with Crippen molar-refractivity contribution in [2.45, 2.75) is 78.9 Å². The summed E-state index contributed by atoms with van der Waals surface area (Å²) < 4.78 is 1.88. The lowest BCUT2D eigenvalue weighted by Crippen LogP contribution is -2.64. The van der Waals surface area contributed by atoms with Crippen LogP contribution in [0.25, 0.3) is 10.9 Å². The lowest BCUT2D eigenvalue weighted by molar-refractivity contribution is -0.141. The van der Waals surface area contributed by atoms with Crippen LogP contribution in [0.1, 0.15) is 71.4 Å². The molecular formula is C31H44N4O5. The number of nitrogens with one attached hydrogen (secondary N) is 1. The molecule has 3 unspecified atom stereocenters. The van der Waals surface area contributed by atoms with Crippen molar-refractivity contribution in [3.05, 3.63) is 47.2 Å². The number of benzene rings is 1. The first-order valence-electron chi connectivity index (χ1n) is 13.7. The number of carbonyl (C=O) groups excluding carboxylic acids is 3. The van der Waals surface area contributed by atoms with E-state index in [9.17, 15) is 24.3 Å². The molecule has 2 aromatic rings. The van der Waals surface area contributed by atoms with Gasteiger partial charge in [0.2, 0.25) is 11.8 Å². The molecule has 3 atom stereocenters. The maximum Gasteiger partial charge on any atom is 0.331 e. The molecule has 0 fully saturated rings. The fourth-order valence-electron chi connectivity index (χ4n) is 6.00. The Morgan fingerprint density at radius 3 is 2.23 bits per heavy atom. The number of fused-ring (bicyclic) bond motifs is 3. The topological polar surface area (TPSA) is 112 Å². The van der Waals surface area contributed by atoms with Crippen molar-refractivity contribution < 1.29 is 24.3 Å². The van der Waals surface area contributed by atoms with E-state index in [1.165, 1.54) is 16.7 Å². The number of aliphatic carboxylic acids is 1. The molecule has 2 N–H and O–H groups in total. The van der Waals surface area contributed by atoms with Crippen LogP contribution in [0, 0.1) is 11.3 Å². The molecule has 1 aromatic carbocycles. The molecule has 0 aliphatic carbocycles. The van der Waals surface area contributed by atoms with Gasteiger partial charge in [-0.05, 0) is 29.9 Å². The van der Waals surface area contributed by atoms with Crippen molar-refractivity contribution in [1.82, 2.24) is 19.7 Å². The number of amides is 3. The van der Waals surface area contributed by atoms with Crippen LogP contribution in [0.4, 0.5) is 0 Å². The summed E-state index contributed by atoms with van der Waals surface area (Å²) >= 11 is 0. The van der Waals surface area contributed by atoms with E-state index in [0.717, 1.165) is 16.5 Å². The molecule has 9 nitrogen and oxygen atoms in total. The van der Waals surface area contributed by atoms with Crippen molar-refractivity contribution in [2.75, 3.05) is 14.1 Å². The number of rotatable bonds is 7. The van der Waals surface area contributed by atoms with Crippen LogP contribution in [0.15, 0.2) is 35.9 Å². The smallest absolute Gasteiger partial charge is 0.331 e. The second-order valence-electron chi connectivity index (χ2n) is 13.0. The summed E-state index contributed by atoms with van der Waals surface area (Å²) in [5.41, 5.74) is 1.00. The number of nitrogens with zero attached hydrogens (tertiary/aromatic N) is 3. The van der Waals surface area contributed by atoms with Gasteiger partial charge in [0.05, 0.1) is 6.04 Å². The second kappa shape index (κ2) is 10.7. The van der Waals surface area contributed by atoms with Gasteiger partial charge in [-0.2, -0.15) is 0 Å². The van der Waals surface area contributed by atoms with Gasteiger partial charge < -0.3 is 24.8 Å². The number of para-hydroxylation sites is 1. The highest BCUT2D eigenvalue weighted by atomic mass is 16.4. The van der Waals surface area contributed by atoms with Crippen molar-refractivity contribution in [3.8, 4) is 0 Å². The average molecular weight is 553 g/mol. The Morgan fingerprint density at radius 2 is 1.70 bits per heavy atom. The highest BCUT2D eigenvalue weighted by molar-refractivity contribution is 6.07. The Balaban J connectivity index is 2.03. The minimum Gasteiger partial charge on any atom is -0.478 e. The first kappa shape index (κ1) is 30.9. The predicted octanol–water partition coefficient (Wildman–Crippen LogP) is 3.95. The van der Waals surface area contributed by atoms with Crippen molar-refractivity contribution >= 4 is 34.6 Å². The van der Waals surface area contributed by atoms with E-state index in [-0.39, 0.29) is 23.3 Å². The molecule has 218 valence electrons. The van der Waals surface area contributed by atoms with E-state index >= 15 is 0 Å². The van der Waals surface area contributed by atoms with Gasteiger partial charge in [-0.15, -0.1) is 0 Å². The normalized spacial score (nSPS) is 18.9. The summed E-state index contributed by atoms with van der Waals surface area (Å²) in [6, 6.07) is 5.51. The van der Waals surface area contributed by atoms with E-state index in [1.807, 2.05) is 84.3 Å². The van der Waals surface area contributed by atoms with Gasteiger partial charge in [-0.25, -0.2) is 4.79 Å². The SMILES string of the molecule is CC(=CC(C(C)C)N(C)C(=O)C(NC(=O)C1N(C)C(=O)c2c(c3ccccc3n2C)C1(C)C)C(C)(C)C)C(=O)O. The predicted molar refractivity (Wildman–Crippen MR) is 156 cm³/mol. The van der Waals surface area contributed by atoms with E-state index < -0.39 is 40.8 Å². The Morgan fingerprint density at radius 1 is 1.12 bits per heavy atom. The molecule has 1 aliphatic rings. The number of hydrogen-bond donors (Lipinski definition) is 2. The molecule has 0 saturated carbocycles. The number of aromatic nitrogens is 1. The van der Waals surface area contributed by atoms with Crippen molar-refractivity contribution in [2.24, 2.45) is 18.4 Å². The number of carbonyl (C=O) groups is 4. The van der Waals surface area contributed by atoms with Gasteiger partial charge >= 0.3 is 5.97 Å². The number of hydrogen-bond acceptors (Lipinski definition) is 4. The summed E-state index contributed by atoms with van der Waals surface area (Å²) in [5, 5.41) is 13.3. The van der Waals surface area contributed by atoms with Crippen LogP contribution in [-0.4, -0.2) is 75.4 Å². The summed E-state index contributed by atoms with van der Waals surface area (Å²) in [6.45, 7) is 14.9. The van der Waals surface area contributed by atoms with E-state index in [4.69, 9.17) is 0 Å². The Bertz CT molecular complexity index is 1380. The fourth-order valence-corrected chi connectivity index (χ4v) is 6.00. The van der Waals surface area contributed by atoms with Gasteiger partial charge in [0, 0.05) is 43.0 Å². The number of carboxylic acid groups (broad SMARTS) is 1. The second-order valence-corrected chi connectivity index (χ2v) is 13.0. The maximum atomic E-state index is 14.1. The molecule has 1 aromatic heterocycles. The first-order valence-corrected chi connectivity index (χ1v) is 13.7. The minimum atomic E-state index is -1.05. The monoisotopic (exact) mass is 552 g/mol. The number of aryl methyl sites for hydroxylation is 1. The fraction of sp³-hybridized carbons (Fsp3) is 0.548. The van der Waals surface area contributed by atoms with Crippen LogP contribution in [0.3, 0.4) is 0 Å². The maximum absolute atomic E-state index is 14.1. The Labute approximate surface area is 237 Å². The molecular weight excluding hydrogens is 508 g/mol. The largest absolute Gasteiger partial charge is 0.478 e. The highest BCUT2D eigenvalue weighted by Gasteiger charge is 2.51. The van der Waals surface area contributed by atoms with E-state index in [0.29, 0.717) is 5.69 Å². The average Bonchev–Trinajstić information content (AvgIpc) is 3.16. The third kappa shape index (κ3) is 5.25. The van der Waals surface area contributed by atoms with Crippen molar-refractivity contribution in [3.63, 3.8) is 0 Å². The van der Waals surface area contributed by atoms with Crippen LogP contribution in [0.2, 0.25) is 0 Å². The molecule has 9 heteroatoms. The highest BCUT2D eigenvalue weighted by Crippen LogP contribution is 2.43. The lowest BCUT2D eigenvalue weighted by Gasteiger charge is -2.45. The molecule has 0 saturated heterocycles. The first-order chi connectivity index (χ1) is 18.3. The summed E-state index contributed by atoms with van der Waals surface area (Å²) in [6.07, 6.45) is 1.57. The lowest BCUT2D eigenvalue weighted by atomic mass is 9.72. The Hall–Kier alpha value is -3.62. The van der Waals surface area contributed by atoms with E-state index in [2.05, 4.69) is 5.32 Å². The van der Waals surface area contributed by atoms with Gasteiger partial charge in [-0.1, -0.05) is 72.7 Å². The molecule has 40 heavy (non-hydrogen) atoms. The van der Waals surface area contributed by atoms with Gasteiger partial charge in [0.1, 0.15) is 17.8 Å². The quantitative estimate of drug-likeness (QED) is 0.505. The molecule has 3 rings (SSSR count). The zero-order chi connectivity index (χ0) is 30.5. The van der Waals surface area contributed by atoms with Crippen LogP contribution >= 0.6 is 0 Å². The van der Waals surface area contributed by atoms with Crippen LogP contribution < -0.4 is 5.32 Å². The van der Waals surface area contributed by atoms with E-state index in [1.54, 1.807) is 20.2 Å². The summed E-state index contributed by atoms with van der Waals surface area (Å²) in [7, 11) is 5.12.